The van der Waals surface area contributed by atoms with Crippen LogP contribution in [0.15, 0.2) is 45.7 Å². The third-order valence-corrected chi connectivity index (χ3v) is 7.65. The first-order chi connectivity index (χ1) is 14.2. The Morgan fingerprint density at radius 1 is 1.10 bits per heavy atom. The Balaban J connectivity index is 1.65. The fraction of sp³-hybridized carbons (Fsp3) is 0.364. The molecule has 0 fully saturated rings. The minimum Gasteiger partial charge on any atom is -0.321 e. The summed E-state index contributed by atoms with van der Waals surface area (Å²) >= 11 is 1.29. The summed E-state index contributed by atoms with van der Waals surface area (Å²) in [6.07, 6.45) is 0. The summed E-state index contributed by atoms with van der Waals surface area (Å²) in [5.41, 5.74) is 4.55. The lowest BCUT2D eigenvalue weighted by Gasteiger charge is -2.22. The molecule has 0 aliphatic carbocycles. The zero-order valence-electron chi connectivity index (χ0n) is 17.5. The number of rotatable bonds is 4. The molecule has 8 heteroatoms. The number of fused-ring (bicyclic) bond motifs is 3. The molecule has 0 saturated carbocycles. The largest absolute Gasteiger partial charge is 0.321 e. The normalized spacial score (nSPS) is 17.0. The molecular weight excluding hydrogens is 418 g/mol. The summed E-state index contributed by atoms with van der Waals surface area (Å²) in [7, 11) is -3.40. The number of nitrogens with zero attached hydrogens (tertiary/aromatic N) is 2. The van der Waals surface area contributed by atoms with Gasteiger partial charge in [-0.15, -0.1) is 4.40 Å². The smallest absolute Gasteiger partial charge is 0.257 e. The van der Waals surface area contributed by atoms with Gasteiger partial charge in [0.15, 0.2) is 5.17 Å². The van der Waals surface area contributed by atoms with E-state index in [0.717, 1.165) is 27.4 Å². The van der Waals surface area contributed by atoms with E-state index in [9.17, 15) is 13.2 Å². The van der Waals surface area contributed by atoms with Crippen LogP contribution < -0.4 is 10.2 Å². The van der Waals surface area contributed by atoms with E-state index in [1.807, 2.05) is 23.1 Å². The van der Waals surface area contributed by atoms with Crippen LogP contribution in [0.25, 0.3) is 0 Å². The zero-order chi connectivity index (χ0) is 21.6. The van der Waals surface area contributed by atoms with Crippen molar-refractivity contribution in [1.29, 1.82) is 0 Å². The maximum Gasteiger partial charge on any atom is 0.257 e. The summed E-state index contributed by atoms with van der Waals surface area (Å²) in [6, 6.07) is 11.6. The molecule has 1 amide bonds. The average Bonchev–Trinajstić information content (AvgIpc) is 3.02. The second-order valence-corrected chi connectivity index (χ2v) is 10.9. The van der Waals surface area contributed by atoms with Crippen LogP contribution in [0.3, 0.4) is 0 Å². The Labute approximate surface area is 181 Å². The van der Waals surface area contributed by atoms with Crippen LogP contribution in [0.2, 0.25) is 0 Å². The lowest BCUT2D eigenvalue weighted by molar-refractivity contribution is 0.102. The minimum absolute atomic E-state index is 0.00268. The fourth-order valence-corrected chi connectivity index (χ4v) is 6.05. The first-order valence-corrected chi connectivity index (χ1v) is 12.4. The number of benzene rings is 2. The summed E-state index contributed by atoms with van der Waals surface area (Å²) in [6.45, 7) is 8.85. The zero-order valence-corrected chi connectivity index (χ0v) is 19.1. The predicted octanol–water partition coefficient (Wildman–Crippen LogP) is 4.80. The van der Waals surface area contributed by atoms with E-state index in [-0.39, 0.29) is 23.5 Å². The molecule has 2 aromatic rings. The molecule has 0 saturated heterocycles. The number of carbonyl (C=O) groups excluding carboxylic acids is 1. The van der Waals surface area contributed by atoms with Crippen LogP contribution in [-0.2, 0) is 10.0 Å². The Hall–Kier alpha value is -2.32. The molecular formula is C22H25N3O3S2. The SMILES string of the molecule is CC(C)c1cccc(C(C)C)c1NC(=O)c1ccc2c(c1)SC1=NS(=O)(=O)CCN12. The van der Waals surface area contributed by atoms with Crippen molar-refractivity contribution >= 4 is 44.2 Å². The number of para-hydroxylation sites is 1. The molecule has 158 valence electrons. The van der Waals surface area contributed by atoms with E-state index in [2.05, 4.69) is 49.5 Å². The third-order valence-electron chi connectivity index (χ3n) is 5.35. The van der Waals surface area contributed by atoms with Gasteiger partial charge in [0.25, 0.3) is 15.9 Å². The number of amides is 1. The van der Waals surface area contributed by atoms with Crippen molar-refractivity contribution in [1.82, 2.24) is 0 Å². The van der Waals surface area contributed by atoms with Gasteiger partial charge in [-0.25, -0.2) is 8.42 Å². The molecule has 2 aromatic carbocycles. The van der Waals surface area contributed by atoms with Crippen molar-refractivity contribution in [3.8, 4) is 0 Å². The van der Waals surface area contributed by atoms with Gasteiger partial charge < -0.3 is 10.2 Å². The molecule has 0 radical (unpaired) electrons. The Morgan fingerprint density at radius 3 is 2.40 bits per heavy atom. The van der Waals surface area contributed by atoms with Gasteiger partial charge in [0.2, 0.25) is 0 Å². The van der Waals surface area contributed by atoms with E-state index < -0.39 is 10.0 Å². The van der Waals surface area contributed by atoms with Crippen molar-refractivity contribution in [2.45, 2.75) is 44.4 Å². The summed E-state index contributed by atoms with van der Waals surface area (Å²) in [5.74, 6) is 0.395. The number of hydrogen-bond acceptors (Lipinski definition) is 5. The van der Waals surface area contributed by atoms with E-state index in [1.54, 1.807) is 6.07 Å². The lowest BCUT2D eigenvalue weighted by atomic mass is 9.92. The number of thioether (sulfide) groups is 1. The van der Waals surface area contributed by atoms with Gasteiger partial charge in [0.05, 0.1) is 11.4 Å². The molecule has 0 bridgehead atoms. The second-order valence-electron chi connectivity index (χ2n) is 8.17. The quantitative estimate of drug-likeness (QED) is 0.734. The van der Waals surface area contributed by atoms with E-state index >= 15 is 0 Å². The van der Waals surface area contributed by atoms with Gasteiger partial charge in [-0.2, -0.15) is 0 Å². The highest BCUT2D eigenvalue weighted by molar-refractivity contribution is 8.15. The molecule has 1 N–H and O–H groups in total. The molecule has 0 spiro atoms. The van der Waals surface area contributed by atoms with E-state index in [0.29, 0.717) is 17.3 Å². The van der Waals surface area contributed by atoms with Crippen LogP contribution in [0.5, 0.6) is 0 Å². The lowest BCUT2D eigenvalue weighted by Crippen LogP contribution is -2.35. The predicted molar refractivity (Wildman–Crippen MR) is 123 cm³/mol. The molecule has 0 atom stereocenters. The molecule has 2 aliphatic heterocycles. The number of hydrogen-bond donors (Lipinski definition) is 1. The van der Waals surface area contributed by atoms with Gasteiger partial charge in [-0.05, 0) is 52.9 Å². The number of amidine groups is 1. The molecule has 2 aliphatic rings. The molecule has 0 unspecified atom stereocenters. The molecule has 6 nitrogen and oxygen atoms in total. The number of sulfonamides is 1. The van der Waals surface area contributed by atoms with E-state index in [1.165, 1.54) is 11.8 Å². The first-order valence-electron chi connectivity index (χ1n) is 10.0. The highest BCUT2D eigenvalue weighted by atomic mass is 32.2. The van der Waals surface area contributed by atoms with Crippen molar-refractivity contribution in [3.63, 3.8) is 0 Å². The highest BCUT2D eigenvalue weighted by Crippen LogP contribution is 2.42. The minimum atomic E-state index is -3.40. The number of anilines is 2. The van der Waals surface area contributed by atoms with Gasteiger partial charge in [-0.1, -0.05) is 45.9 Å². The topological polar surface area (TPSA) is 78.8 Å². The summed E-state index contributed by atoms with van der Waals surface area (Å²) < 4.78 is 27.5. The van der Waals surface area contributed by atoms with Crippen LogP contribution in [-0.4, -0.2) is 31.8 Å². The van der Waals surface area contributed by atoms with Crippen molar-refractivity contribution < 1.29 is 13.2 Å². The van der Waals surface area contributed by atoms with Crippen LogP contribution in [0.4, 0.5) is 11.4 Å². The molecule has 30 heavy (non-hydrogen) atoms. The van der Waals surface area contributed by atoms with Gasteiger partial charge in [0.1, 0.15) is 0 Å². The van der Waals surface area contributed by atoms with Gasteiger partial charge >= 0.3 is 0 Å². The molecule has 4 rings (SSSR count). The Kier molecular flexibility index (Phi) is 5.40. The monoisotopic (exact) mass is 443 g/mol. The number of nitrogens with one attached hydrogen (secondary N) is 1. The molecule has 2 heterocycles. The maximum atomic E-state index is 13.1. The van der Waals surface area contributed by atoms with Crippen LogP contribution in [0.1, 0.15) is 61.0 Å². The van der Waals surface area contributed by atoms with Crippen molar-refractivity contribution in [3.05, 3.63) is 53.1 Å². The third kappa shape index (κ3) is 3.86. The Morgan fingerprint density at radius 2 is 1.77 bits per heavy atom. The Bertz CT molecular complexity index is 1130. The fourth-order valence-electron chi connectivity index (χ4n) is 3.75. The maximum absolute atomic E-state index is 13.1. The first kappa shape index (κ1) is 20.9. The summed E-state index contributed by atoms with van der Waals surface area (Å²) in [4.78, 5) is 15.9. The van der Waals surface area contributed by atoms with Gasteiger partial charge in [0, 0.05) is 22.7 Å². The second kappa shape index (κ2) is 7.74. The highest BCUT2D eigenvalue weighted by Gasteiger charge is 2.33. The summed E-state index contributed by atoms with van der Waals surface area (Å²) in [5, 5.41) is 3.60. The van der Waals surface area contributed by atoms with E-state index in [4.69, 9.17) is 0 Å². The van der Waals surface area contributed by atoms with Crippen LogP contribution >= 0.6 is 11.8 Å². The van der Waals surface area contributed by atoms with Gasteiger partial charge in [-0.3, -0.25) is 4.79 Å². The van der Waals surface area contributed by atoms with Crippen LogP contribution in [0, 0.1) is 0 Å². The van der Waals surface area contributed by atoms with Crippen molar-refractivity contribution in [2.75, 3.05) is 22.5 Å². The van der Waals surface area contributed by atoms with Crippen molar-refractivity contribution in [2.24, 2.45) is 4.40 Å². The standard InChI is InChI=1S/C22H25N3O3S2/c1-13(2)16-6-5-7-17(14(3)4)20(16)23-21(26)15-8-9-18-19(12-15)29-22-24-30(27,28)11-10-25(18)22/h5-9,12-14H,10-11H2,1-4H3,(H,23,26). The molecule has 0 aromatic heterocycles. The average molecular weight is 444 g/mol. The number of carbonyl (C=O) groups is 1.